The van der Waals surface area contributed by atoms with Crippen molar-refractivity contribution < 1.29 is 43.2 Å². The number of aromatic nitrogens is 4. The lowest BCUT2D eigenvalue weighted by molar-refractivity contribution is -0.135. The molecule has 24 heteroatoms. The lowest BCUT2D eigenvalue weighted by atomic mass is 9.97. The van der Waals surface area contributed by atoms with E-state index in [0.717, 1.165) is 33.1 Å². The number of hydrogen-bond donors (Lipinski definition) is 14. The van der Waals surface area contributed by atoms with Gasteiger partial charge in [0.2, 0.25) is 53.2 Å². The zero-order chi connectivity index (χ0) is 58.2. The molecule has 0 spiro atoms. The first kappa shape index (κ1) is 61.1. The molecule has 0 saturated heterocycles. The first-order valence-corrected chi connectivity index (χ1v) is 27.3. The SMILES string of the molecule is CC(C)C[C@@H](CN[C@@H](CC(C)C)C(N)=O)NC(=O)[C@H](Cc1cnc[nH]1)NC(=O)CNC(=O)[C@@H](NC(=O)[C@H](C)NC(=O)[C@H](Cc1c[nH]c2ccccc12)NC(=O)[C@H](CCC(N)=O)NC(=O)[C@H]1Cc2c([nH]c3ccccc23)CN1)C(C)C. The Kier molecular flexibility index (Phi) is 21.9. The van der Waals surface area contributed by atoms with Crippen molar-refractivity contribution in [2.45, 2.75) is 148 Å². The predicted octanol–water partition coefficient (Wildman–Crippen LogP) is 0.374. The monoisotopic (exact) mass is 1110 g/mol. The normalized spacial score (nSPS) is 15.9. The third kappa shape index (κ3) is 17.4. The van der Waals surface area contributed by atoms with Gasteiger partial charge in [0, 0.05) is 84.0 Å². The summed E-state index contributed by atoms with van der Waals surface area (Å²) in [6.07, 6.45) is 5.59. The van der Waals surface area contributed by atoms with Gasteiger partial charge in [-0.3, -0.25) is 48.5 Å². The van der Waals surface area contributed by atoms with Crippen LogP contribution in [-0.2, 0) is 69.0 Å². The van der Waals surface area contributed by atoms with Crippen LogP contribution in [0.25, 0.3) is 21.8 Å². The zero-order valence-electron chi connectivity index (χ0n) is 46.5. The Morgan fingerprint density at radius 1 is 0.675 bits per heavy atom. The number of H-pyrrole nitrogens is 3. The van der Waals surface area contributed by atoms with Crippen LogP contribution in [0.15, 0.2) is 67.3 Å². The van der Waals surface area contributed by atoms with Gasteiger partial charge in [-0.05, 0) is 73.6 Å². The first-order chi connectivity index (χ1) is 38.1. The molecule has 24 nitrogen and oxygen atoms in total. The number of nitrogens with two attached hydrogens (primary N) is 2. The lowest BCUT2D eigenvalue weighted by Crippen LogP contribution is -2.60. The number of benzene rings is 2. The van der Waals surface area contributed by atoms with Crippen molar-refractivity contribution in [2.24, 2.45) is 29.2 Å². The fourth-order valence-corrected chi connectivity index (χ4v) is 9.82. The van der Waals surface area contributed by atoms with E-state index in [2.05, 4.69) is 67.8 Å². The van der Waals surface area contributed by atoms with Crippen LogP contribution < -0.4 is 59.3 Å². The molecule has 1 aliphatic rings. The third-order valence-corrected chi connectivity index (χ3v) is 14.0. The molecule has 5 aromatic rings. The zero-order valence-corrected chi connectivity index (χ0v) is 46.5. The summed E-state index contributed by atoms with van der Waals surface area (Å²) in [5.41, 5.74) is 16.0. The van der Waals surface area contributed by atoms with Gasteiger partial charge in [0.25, 0.3) is 0 Å². The Labute approximate surface area is 464 Å². The molecular weight excluding hydrogens is 1030 g/mol. The largest absolute Gasteiger partial charge is 0.370 e. The van der Waals surface area contributed by atoms with Gasteiger partial charge in [-0.25, -0.2) is 4.98 Å². The van der Waals surface area contributed by atoms with Crippen LogP contribution in [0.3, 0.4) is 0 Å². The van der Waals surface area contributed by atoms with E-state index in [4.69, 9.17) is 11.5 Å². The molecule has 0 unspecified atom stereocenters. The van der Waals surface area contributed by atoms with Crippen molar-refractivity contribution in [3.05, 3.63) is 89.8 Å². The van der Waals surface area contributed by atoms with E-state index in [9.17, 15) is 43.2 Å². The summed E-state index contributed by atoms with van der Waals surface area (Å²) in [5.74, 6) is -6.09. The van der Waals surface area contributed by atoms with Crippen molar-refractivity contribution in [3.63, 3.8) is 0 Å². The number of imidazole rings is 1. The molecule has 0 aliphatic carbocycles. The number of carbonyl (C=O) groups excluding carboxylic acids is 9. The molecule has 1 aliphatic heterocycles. The Hall–Kier alpha value is -8.12. The van der Waals surface area contributed by atoms with Crippen molar-refractivity contribution in [3.8, 4) is 0 Å². The van der Waals surface area contributed by atoms with Crippen LogP contribution in [-0.4, -0.2) is 135 Å². The quantitative estimate of drug-likeness (QED) is 0.0297. The van der Waals surface area contributed by atoms with Gasteiger partial charge in [0.05, 0.1) is 25.0 Å². The molecule has 432 valence electrons. The number of carbonyl (C=O) groups is 9. The number of rotatable bonds is 30. The maximum atomic E-state index is 14.3. The van der Waals surface area contributed by atoms with E-state index < -0.39 is 114 Å². The number of hydrogen-bond acceptors (Lipinski definition) is 12. The van der Waals surface area contributed by atoms with Gasteiger partial charge in [0.15, 0.2) is 0 Å². The van der Waals surface area contributed by atoms with Gasteiger partial charge in [-0.2, -0.15) is 0 Å². The summed E-state index contributed by atoms with van der Waals surface area (Å²) >= 11 is 0. The molecule has 9 amide bonds. The molecule has 0 fully saturated rings. The molecule has 0 saturated carbocycles. The van der Waals surface area contributed by atoms with Gasteiger partial charge in [-0.15, -0.1) is 0 Å². The molecule has 2 aromatic carbocycles. The van der Waals surface area contributed by atoms with Crippen LogP contribution in [0.4, 0.5) is 0 Å². The van der Waals surface area contributed by atoms with Gasteiger partial charge in [0.1, 0.15) is 30.2 Å². The summed E-state index contributed by atoms with van der Waals surface area (Å²) in [4.78, 5) is 135. The molecule has 4 heterocycles. The van der Waals surface area contributed by atoms with Crippen molar-refractivity contribution in [1.82, 2.24) is 67.8 Å². The van der Waals surface area contributed by atoms with Crippen molar-refractivity contribution in [2.75, 3.05) is 13.1 Å². The highest BCUT2D eigenvalue weighted by Gasteiger charge is 2.35. The van der Waals surface area contributed by atoms with Gasteiger partial charge < -0.3 is 69.0 Å². The van der Waals surface area contributed by atoms with E-state index in [-0.39, 0.29) is 44.1 Å². The summed E-state index contributed by atoms with van der Waals surface area (Å²) in [5, 5.41) is 27.3. The highest BCUT2D eigenvalue weighted by Crippen LogP contribution is 2.27. The Morgan fingerprint density at radius 3 is 2.00 bits per heavy atom. The highest BCUT2D eigenvalue weighted by molar-refractivity contribution is 5.98. The minimum absolute atomic E-state index is 0.0313. The number of nitrogens with zero attached hydrogens (tertiary/aromatic N) is 1. The Morgan fingerprint density at radius 2 is 1.34 bits per heavy atom. The highest BCUT2D eigenvalue weighted by atomic mass is 16.2. The predicted molar refractivity (Wildman–Crippen MR) is 300 cm³/mol. The second-order valence-corrected chi connectivity index (χ2v) is 21.9. The average Bonchev–Trinajstić information content (AvgIpc) is 4.26. The average molecular weight is 1110 g/mol. The third-order valence-electron chi connectivity index (χ3n) is 14.0. The van der Waals surface area contributed by atoms with E-state index in [1.165, 1.54) is 19.4 Å². The summed E-state index contributed by atoms with van der Waals surface area (Å²) in [6.45, 7) is 12.7. The molecular formula is C56H79N15O9. The fraction of sp³-hybridized carbons (Fsp3) is 0.500. The minimum atomic E-state index is -1.32. The number of aromatic amines is 3. The maximum absolute atomic E-state index is 14.3. The second-order valence-electron chi connectivity index (χ2n) is 21.9. The smallest absolute Gasteiger partial charge is 0.243 e. The number of nitrogens with one attached hydrogen (secondary N) is 12. The van der Waals surface area contributed by atoms with Crippen LogP contribution in [0.1, 0.15) is 96.7 Å². The number of para-hydroxylation sites is 2. The first-order valence-electron chi connectivity index (χ1n) is 27.3. The number of primary amides is 2. The molecule has 3 aromatic heterocycles. The van der Waals surface area contributed by atoms with E-state index in [1.54, 1.807) is 20.0 Å². The van der Waals surface area contributed by atoms with Crippen molar-refractivity contribution >= 4 is 75.0 Å². The van der Waals surface area contributed by atoms with Gasteiger partial charge in [-0.1, -0.05) is 77.9 Å². The van der Waals surface area contributed by atoms with Crippen molar-refractivity contribution in [1.29, 1.82) is 0 Å². The second kappa shape index (κ2) is 28.7. The fourth-order valence-electron chi connectivity index (χ4n) is 9.82. The summed E-state index contributed by atoms with van der Waals surface area (Å²) < 4.78 is 0. The molecule has 6 rings (SSSR count). The summed E-state index contributed by atoms with van der Waals surface area (Å²) in [6, 6.07) is 7.15. The number of amides is 9. The lowest BCUT2D eigenvalue weighted by Gasteiger charge is -2.28. The van der Waals surface area contributed by atoms with Crippen LogP contribution in [0.5, 0.6) is 0 Å². The van der Waals surface area contributed by atoms with Crippen LogP contribution in [0.2, 0.25) is 0 Å². The Bertz CT molecular complexity index is 2970. The van der Waals surface area contributed by atoms with E-state index in [1.807, 2.05) is 76.2 Å². The number of fused-ring (bicyclic) bond motifs is 4. The molecule has 16 N–H and O–H groups in total. The minimum Gasteiger partial charge on any atom is -0.370 e. The molecule has 0 radical (unpaired) electrons. The molecule has 80 heavy (non-hydrogen) atoms. The Balaban J connectivity index is 1.09. The van der Waals surface area contributed by atoms with Crippen LogP contribution in [0, 0.1) is 17.8 Å². The van der Waals surface area contributed by atoms with Gasteiger partial charge >= 0.3 is 0 Å². The van der Waals surface area contributed by atoms with E-state index in [0.29, 0.717) is 37.1 Å². The molecule has 8 atom stereocenters. The molecule has 0 bridgehead atoms. The van der Waals surface area contributed by atoms with Crippen LogP contribution >= 0.6 is 0 Å². The topological polar surface area (TPSA) is 374 Å². The standard InChI is InChI=1S/C56H79N15O9/c1-29(2)18-35(25-61-42(50(58)74)19-30(3)4)66-55(79)45(21-34-24-59-28-64-34)68-48(73)27-63-56(80)49(31(5)6)71-51(75)32(7)65-54(78)44(20-33-23-60-39-14-10-8-12-36(33)39)70-52(76)41(16-17-47(57)72)69-53(77)43-22-38-37-13-9-11-15-40(37)67-46(38)26-62-43/h8-15,23-24,28-32,35,41-45,49,60-62,67H,16-22,25-27H2,1-7H3,(H2,57,72)(H2,58,74)(H,59,64)(H,63,80)(H,65,78)(H,66,79)(H,68,73)(H,69,77)(H,70,76)(H,71,75)/t32-,35-,41-,42-,43+,44-,45-,49-/m0/s1. The maximum Gasteiger partial charge on any atom is 0.243 e. The van der Waals surface area contributed by atoms with E-state index >= 15 is 0 Å². The summed E-state index contributed by atoms with van der Waals surface area (Å²) in [7, 11) is 0.